The fourth-order valence-electron chi connectivity index (χ4n) is 3.06. The number of para-hydroxylation sites is 1. The third kappa shape index (κ3) is 4.17. The zero-order valence-corrected chi connectivity index (χ0v) is 15.8. The van der Waals surface area contributed by atoms with E-state index in [4.69, 9.17) is 4.74 Å². The average molecular weight is 380 g/mol. The molecule has 0 spiro atoms. The molecule has 1 heterocycles. The number of hydrogen-bond donors (Lipinski definition) is 1. The van der Waals surface area contributed by atoms with E-state index in [0.29, 0.717) is 23.2 Å². The van der Waals surface area contributed by atoms with Crippen molar-refractivity contribution < 1.29 is 18.7 Å². The topological polar surface area (TPSA) is 68.3 Å². The van der Waals surface area contributed by atoms with Crippen LogP contribution in [0.3, 0.4) is 0 Å². The zero-order chi connectivity index (χ0) is 20.1. The Balaban J connectivity index is 1.68. The van der Waals surface area contributed by atoms with Crippen molar-refractivity contribution in [1.29, 1.82) is 0 Å². The molecule has 6 heteroatoms. The van der Waals surface area contributed by atoms with Gasteiger partial charge < -0.3 is 10.1 Å². The first kappa shape index (κ1) is 19.5. The Labute approximate surface area is 162 Å². The minimum atomic E-state index is -0.589. The van der Waals surface area contributed by atoms with Gasteiger partial charge >= 0.3 is 5.97 Å². The molecule has 0 saturated heterocycles. The van der Waals surface area contributed by atoms with Crippen molar-refractivity contribution in [2.45, 2.75) is 26.8 Å². The molecule has 0 aliphatic rings. The number of esters is 1. The summed E-state index contributed by atoms with van der Waals surface area (Å²) in [5, 5.41) is 3.42. The summed E-state index contributed by atoms with van der Waals surface area (Å²) < 4.78 is 18.8. The van der Waals surface area contributed by atoms with Gasteiger partial charge in [0, 0.05) is 17.5 Å². The molecule has 1 aromatic heterocycles. The van der Waals surface area contributed by atoms with Crippen LogP contribution in [0.25, 0.3) is 10.9 Å². The Kier molecular flexibility index (Phi) is 5.99. The van der Waals surface area contributed by atoms with Gasteiger partial charge in [0.15, 0.2) is 6.61 Å². The van der Waals surface area contributed by atoms with E-state index in [0.717, 1.165) is 16.5 Å². The SMILES string of the molecule is CCc1nc2ccccc2c(C)c1C(=O)OCC(=O)NCc1ccccc1F. The van der Waals surface area contributed by atoms with Crippen molar-refractivity contribution in [3.8, 4) is 0 Å². The molecular formula is C22H21FN2O3. The summed E-state index contributed by atoms with van der Waals surface area (Å²) in [6.45, 7) is 3.34. The van der Waals surface area contributed by atoms with Gasteiger partial charge in [-0.05, 0) is 31.0 Å². The zero-order valence-electron chi connectivity index (χ0n) is 15.8. The fourth-order valence-corrected chi connectivity index (χ4v) is 3.06. The lowest BCUT2D eigenvalue weighted by Crippen LogP contribution is -2.29. The van der Waals surface area contributed by atoms with Crippen LogP contribution in [0.15, 0.2) is 48.5 Å². The molecule has 0 fully saturated rings. The van der Waals surface area contributed by atoms with Crippen molar-refractivity contribution in [3.63, 3.8) is 0 Å². The predicted molar refractivity (Wildman–Crippen MR) is 104 cm³/mol. The second kappa shape index (κ2) is 8.61. The minimum absolute atomic E-state index is 0.0276. The summed E-state index contributed by atoms with van der Waals surface area (Å²) in [6, 6.07) is 13.7. The van der Waals surface area contributed by atoms with Crippen LogP contribution in [-0.2, 0) is 22.5 Å². The fraction of sp³-hybridized carbons (Fsp3) is 0.227. The highest BCUT2D eigenvalue weighted by Gasteiger charge is 2.20. The van der Waals surface area contributed by atoms with Crippen LogP contribution in [0, 0.1) is 12.7 Å². The standard InChI is InChI=1S/C22H21FN2O3/c1-3-18-21(14(2)16-9-5-7-11-19(16)25-18)22(27)28-13-20(26)24-12-15-8-4-6-10-17(15)23/h4-11H,3,12-13H2,1-2H3,(H,24,26). The Bertz CT molecular complexity index is 1030. The predicted octanol–water partition coefficient (Wildman–Crippen LogP) is 3.72. The Morgan fingerprint density at radius 1 is 1.11 bits per heavy atom. The van der Waals surface area contributed by atoms with Crippen LogP contribution in [0.4, 0.5) is 4.39 Å². The van der Waals surface area contributed by atoms with E-state index in [1.165, 1.54) is 6.07 Å². The molecule has 2 aromatic carbocycles. The van der Waals surface area contributed by atoms with Gasteiger partial charge in [-0.2, -0.15) is 0 Å². The van der Waals surface area contributed by atoms with E-state index in [1.54, 1.807) is 18.2 Å². The molecule has 1 amide bonds. The first-order valence-electron chi connectivity index (χ1n) is 9.06. The van der Waals surface area contributed by atoms with Crippen LogP contribution < -0.4 is 5.32 Å². The molecule has 28 heavy (non-hydrogen) atoms. The van der Waals surface area contributed by atoms with E-state index in [1.807, 2.05) is 38.1 Å². The number of carbonyl (C=O) groups is 2. The summed E-state index contributed by atoms with van der Waals surface area (Å²) in [4.78, 5) is 29.2. The number of pyridine rings is 1. The molecule has 144 valence electrons. The largest absolute Gasteiger partial charge is 0.452 e. The lowest BCUT2D eigenvalue weighted by atomic mass is 10.0. The number of carbonyl (C=O) groups excluding carboxylic acids is 2. The number of nitrogens with one attached hydrogen (secondary N) is 1. The molecule has 0 aliphatic heterocycles. The van der Waals surface area contributed by atoms with Crippen LogP contribution in [-0.4, -0.2) is 23.5 Å². The highest BCUT2D eigenvalue weighted by atomic mass is 19.1. The molecule has 3 rings (SSSR count). The van der Waals surface area contributed by atoms with E-state index < -0.39 is 24.3 Å². The number of halogens is 1. The van der Waals surface area contributed by atoms with E-state index in [2.05, 4.69) is 10.3 Å². The third-order valence-electron chi connectivity index (χ3n) is 4.53. The van der Waals surface area contributed by atoms with E-state index >= 15 is 0 Å². The van der Waals surface area contributed by atoms with Crippen LogP contribution in [0.1, 0.15) is 34.1 Å². The summed E-state index contributed by atoms with van der Waals surface area (Å²) in [6.07, 6.45) is 0.565. The molecule has 0 atom stereocenters. The third-order valence-corrected chi connectivity index (χ3v) is 4.53. The molecule has 0 saturated carbocycles. The smallest absolute Gasteiger partial charge is 0.340 e. The summed E-state index contributed by atoms with van der Waals surface area (Å²) in [5.74, 6) is -1.49. The molecule has 5 nitrogen and oxygen atoms in total. The number of fused-ring (bicyclic) bond motifs is 1. The number of rotatable bonds is 6. The molecule has 0 aliphatic carbocycles. The average Bonchev–Trinajstić information content (AvgIpc) is 2.71. The van der Waals surface area contributed by atoms with Gasteiger partial charge in [0.2, 0.25) is 0 Å². The summed E-state index contributed by atoms with van der Waals surface area (Å²) in [7, 11) is 0. The summed E-state index contributed by atoms with van der Waals surface area (Å²) in [5.41, 5.74) is 2.98. The first-order valence-corrected chi connectivity index (χ1v) is 9.06. The lowest BCUT2D eigenvalue weighted by molar-refractivity contribution is -0.124. The Hall–Kier alpha value is -3.28. The lowest BCUT2D eigenvalue weighted by Gasteiger charge is -2.13. The molecule has 0 unspecified atom stereocenters. The second-order valence-electron chi connectivity index (χ2n) is 6.37. The van der Waals surface area contributed by atoms with Gasteiger partial charge in [0.25, 0.3) is 5.91 Å². The van der Waals surface area contributed by atoms with Gasteiger partial charge in [-0.25, -0.2) is 9.18 Å². The first-order chi connectivity index (χ1) is 13.5. The molecule has 0 bridgehead atoms. The molecule has 3 aromatic rings. The quantitative estimate of drug-likeness (QED) is 0.662. The maximum absolute atomic E-state index is 13.6. The highest BCUT2D eigenvalue weighted by Crippen LogP contribution is 2.24. The number of ether oxygens (including phenoxy) is 1. The van der Waals surface area contributed by atoms with E-state index in [-0.39, 0.29) is 6.54 Å². The number of aryl methyl sites for hydroxylation is 2. The Morgan fingerprint density at radius 3 is 2.57 bits per heavy atom. The van der Waals surface area contributed by atoms with Crippen LogP contribution >= 0.6 is 0 Å². The van der Waals surface area contributed by atoms with Gasteiger partial charge in [-0.3, -0.25) is 9.78 Å². The second-order valence-corrected chi connectivity index (χ2v) is 6.37. The molecule has 0 radical (unpaired) electrons. The number of hydrogen-bond acceptors (Lipinski definition) is 4. The van der Waals surface area contributed by atoms with Gasteiger partial charge in [0.1, 0.15) is 5.82 Å². The van der Waals surface area contributed by atoms with Crippen molar-refractivity contribution >= 4 is 22.8 Å². The van der Waals surface area contributed by atoms with Crippen LogP contribution in [0.2, 0.25) is 0 Å². The highest BCUT2D eigenvalue weighted by molar-refractivity contribution is 5.99. The van der Waals surface area contributed by atoms with Gasteiger partial charge in [-0.1, -0.05) is 43.3 Å². The van der Waals surface area contributed by atoms with Gasteiger partial charge in [0.05, 0.1) is 16.8 Å². The minimum Gasteiger partial charge on any atom is -0.452 e. The summed E-state index contributed by atoms with van der Waals surface area (Å²) >= 11 is 0. The molecule has 1 N–H and O–H groups in total. The number of amides is 1. The Morgan fingerprint density at radius 2 is 1.82 bits per heavy atom. The van der Waals surface area contributed by atoms with Crippen molar-refractivity contribution in [1.82, 2.24) is 10.3 Å². The number of aromatic nitrogens is 1. The van der Waals surface area contributed by atoms with E-state index in [9.17, 15) is 14.0 Å². The van der Waals surface area contributed by atoms with Crippen LogP contribution in [0.5, 0.6) is 0 Å². The van der Waals surface area contributed by atoms with Crippen molar-refractivity contribution in [2.24, 2.45) is 0 Å². The van der Waals surface area contributed by atoms with Gasteiger partial charge in [-0.15, -0.1) is 0 Å². The van der Waals surface area contributed by atoms with Crippen molar-refractivity contribution in [3.05, 3.63) is 76.7 Å². The monoisotopic (exact) mass is 380 g/mol. The maximum atomic E-state index is 13.6. The normalized spacial score (nSPS) is 10.7. The molecular weight excluding hydrogens is 359 g/mol. The van der Waals surface area contributed by atoms with Crippen molar-refractivity contribution in [2.75, 3.05) is 6.61 Å². The number of benzene rings is 2. The number of nitrogens with zero attached hydrogens (tertiary/aromatic N) is 1. The maximum Gasteiger partial charge on any atom is 0.340 e.